The second-order valence-corrected chi connectivity index (χ2v) is 7.75. The molecule has 0 unspecified atom stereocenters. The summed E-state index contributed by atoms with van der Waals surface area (Å²) in [4.78, 5) is 19.9. The first kappa shape index (κ1) is 20.2. The summed E-state index contributed by atoms with van der Waals surface area (Å²) >= 11 is 1.58. The summed E-state index contributed by atoms with van der Waals surface area (Å²) in [5, 5.41) is 12.6. The number of aromatic nitrogens is 1. The van der Waals surface area contributed by atoms with Gasteiger partial charge in [0, 0.05) is 19.6 Å². The van der Waals surface area contributed by atoms with Crippen LogP contribution in [-0.4, -0.2) is 42.9 Å². The molecule has 1 aromatic carbocycles. The standard InChI is InChI=1S/C21H24N4O2S/c1-3-28-21-19(15(2)12-18(24-21)25-8-10-27-11-9-25)20(26)23-14-17-6-4-16(13-22)5-7-17/h4-7,12H,3,8-11,14H2,1-2H3,(H,23,26). The summed E-state index contributed by atoms with van der Waals surface area (Å²) in [5.74, 6) is 1.62. The number of carbonyl (C=O) groups is 1. The van der Waals surface area contributed by atoms with Crippen molar-refractivity contribution in [3.05, 3.63) is 52.6 Å². The summed E-state index contributed by atoms with van der Waals surface area (Å²) in [5.41, 5.74) is 3.12. The lowest BCUT2D eigenvalue weighted by molar-refractivity contribution is 0.0946. The van der Waals surface area contributed by atoms with Crippen LogP contribution in [0.3, 0.4) is 0 Å². The number of nitriles is 1. The van der Waals surface area contributed by atoms with Gasteiger partial charge in [0.15, 0.2) is 0 Å². The minimum absolute atomic E-state index is 0.126. The van der Waals surface area contributed by atoms with E-state index in [1.807, 2.05) is 25.1 Å². The quantitative estimate of drug-likeness (QED) is 0.756. The van der Waals surface area contributed by atoms with Crippen LogP contribution in [0.15, 0.2) is 35.4 Å². The highest BCUT2D eigenvalue weighted by Crippen LogP contribution is 2.28. The van der Waals surface area contributed by atoms with Gasteiger partial charge in [-0.25, -0.2) is 4.98 Å². The molecule has 1 saturated heterocycles. The van der Waals surface area contributed by atoms with Crippen LogP contribution in [-0.2, 0) is 11.3 Å². The van der Waals surface area contributed by atoms with Gasteiger partial charge in [0.1, 0.15) is 10.8 Å². The van der Waals surface area contributed by atoms with E-state index in [2.05, 4.69) is 23.2 Å². The molecule has 0 radical (unpaired) electrons. The lowest BCUT2D eigenvalue weighted by Crippen LogP contribution is -2.37. The molecule has 0 bridgehead atoms. The molecule has 146 valence electrons. The number of carbonyl (C=O) groups excluding carboxylic acids is 1. The topological polar surface area (TPSA) is 78.2 Å². The number of morpholine rings is 1. The molecule has 0 spiro atoms. The Morgan fingerprint density at radius 3 is 2.68 bits per heavy atom. The second kappa shape index (κ2) is 9.58. The molecular formula is C21H24N4O2S. The van der Waals surface area contributed by atoms with Crippen LogP contribution in [0.25, 0.3) is 0 Å². The van der Waals surface area contributed by atoms with E-state index < -0.39 is 0 Å². The number of nitrogens with zero attached hydrogens (tertiary/aromatic N) is 3. The van der Waals surface area contributed by atoms with Gasteiger partial charge in [-0.1, -0.05) is 19.1 Å². The molecule has 1 aliphatic rings. The summed E-state index contributed by atoms with van der Waals surface area (Å²) in [6.07, 6.45) is 0. The van der Waals surface area contributed by atoms with Gasteiger partial charge in [-0.2, -0.15) is 5.26 Å². The van der Waals surface area contributed by atoms with E-state index >= 15 is 0 Å². The number of hydrogen-bond donors (Lipinski definition) is 1. The maximum atomic E-state index is 12.9. The number of aryl methyl sites for hydroxylation is 1. The van der Waals surface area contributed by atoms with E-state index in [4.69, 9.17) is 15.0 Å². The fourth-order valence-corrected chi connectivity index (χ4v) is 3.90. The SMILES string of the molecule is CCSc1nc(N2CCOCC2)cc(C)c1C(=O)NCc1ccc(C#N)cc1. The van der Waals surface area contributed by atoms with Crippen molar-refractivity contribution in [1.82, 2.24) is 10.3 Å². The lowest BCUT2D eigenvalue weighted by Gasteiger charge is -2.28. The molecule has 7 heteroatoms. The van der Waals surface area contributed by atoms with Crippen molar-refractivity contribution in [2.75, 3.05) is 37.0 Å². The minimum Gasteiger partial charge on any atom is -0.378 e. The smallest absolute Gasteiger partial charge is 0.254 e. The van der Waals surface area contributed by atoms with Gasteiger partial charge < -0.3 is 15.0 Å². The minimum atomic E-state index is -0.126. The Balaban J connectivity index is 1.78. The van der Waals surface area contributed by atoms with Crippen LogP contribution < -0.4 is 10.2 Å². The maximum absolute atomic E-state index is 12.9. The molecule has 2 aromatic rings. The third-order valence-electron chi connectivity index (χ3n) is 4.55. The predicted molar refractivity (Wildman–Crippen MR) is 111 cm³/mol. The molecule has 28 heavy (non-hydrogen) atoms. The van der Waals surface area contributed by atoms with E-state index in [1.54, 1.807) is 23.9 Å². The van der Waals surface area contributed by atoms with Gasteiger partial charge in [-0.3, -0.25) is 4.79 Å². The van der Waals surface area contributed by atoms with Crippen LogP contribution >= 0.6 is 11.8 Å². The van der Waals surface area contributed by atoms with Crippen LogP contribution in [0, 0.1) is 18.3 Å². The summed E-state index contributed by atoms with van der Waals surface area (Å²) in [6.45, 7) is 7.45. The average molecular weight is 397 g/mol. The van der Waals surface area contributed by atoms with Crippen LogP contribution in [0.2, 0.25) is 0 Å². The molecule has 0 saturated carbocycles. The molecular weight excluding hydrogens is 372 g/mol. The van der Waals surface area contributed by atoms with Crippen molar-refractivity contribution in [3.8, 4) is 6.07 Å². The molecule has 1 aliphatic heterocycles. The van der Waals surface area contributed by atoms with Crippen molar-refractivity contribution in [2.45, 2.75) is 25.4 Å². The molecule has 1 amide bonds. The first-order valence-electron chi connectivity index (χ1n) is 9.36. The number of anilines is 1. The zero-order valence-corrected chi connectivity index (χ0v) is 17.0. The van der Waals surface area contributed by atoms with Gasteiger partial charge >= 0.3 is 0 Å². The van der Waals surface area contributed by atoms with E-state index in [0.717, 1.165) is 40.8 Å². The molecule has 2 heterocycles. The predicted octanol–water partition coefficient (Wildman–Crippen LogP) is 3.14. The fourth-order valence-electron chi connectivity index (χ4n) is 3.07. The molecule has 6 nitrogen and oxygen atoms in total. The molecule has 3 rings (SSSR count). The van der Waals surface area contributed by atoms with Crippen LogP contribution in [0.5, 0.6) is 0 Å². The molecule has 0 aliphatic carbocycles. The third kappa shape index (κ3) is 4.83. The highest BCUT2D eigenvalue weighted by Gasteiger charge is 2.20. The van der Waals surface area contributed by atoms with Crippen LogP contribution in [0.4, 0.5) is 5.82 Å². The molecule has 0 atom stereocenters. The number of rotatable bonds is 6. The normalized spacial score (nSPS) is 13.8. The van der Waals surface area contributed by atoms with Gasteiger partial charge in [0.25, 0.3) is 5.91 Å². The largest absolute Gasteiger partial charge is 0.378 e. The van der Waals surface area contributed by atoms with E-state index in [0.29, 0.717) is 30.9 Å². The van der Waals surface area contributed by atoms with Gasteiger partial charge in [-0.05, 0) is 42.0 Å². The number of thioether (sulfide) groups is 1. The third-order valence-corrected chi connectivity index (χ3v) is 5.41. The molecule has 1 fully saturated rings. The first-order chi connectivity index (χ1) is 13.6. The summed E-state index contributed by atoms with van der Waals surface area (Å²) < 4.78 is 5.42. The molecule has 1 aromatic heterocycles. The number of benzene rings is 1. The highest BCUT2D eigenvalue weighted by molar-refractivity contribution is 7.99. The van der Waals surface area contributed by atoms with E-state index in [-0.39, 0.29) is 5.91 Å². The maximum Gasteiger partial charge on any atom is 0.254 e. The Labute approximate surface area is 169 Å². The van der Waals surface area contributed by atoms with Crippen LogP contribution in [0.1, 0.15) is 34.0 Å². The van der Waals surface area contributed by atoms with Crippen molar-refractivity contribution in [2.24, 2.45) is 0 Å². The lowest BCUT2D eigenvalue weighted by atomic mass is 10.1. The molecule has 1 N–H and O–H groups in total. The zero-order valence-electron chi connectivity index (χ0n) is 16.2. The Morgan fingerprint density at radius 2 is 2.04 bits per heavy atom. The first-order valence-corrected chi connectivity index (χ1v) is 10.3. The number of ether oxygens (including phenoxy) is 1. The number of amides is 1. The fraction of sp³-hybridized carbons (Fsp3) is 0.381. The Hall–Kier alpha value is -2.56. The van der Waals surface area contributed by atoms with Crippen molar-refractivity contribution < 1.29 is 9.53 Å². The average Bonchev–Trinajstić information content (AvgIpc) is 2.73. The summed E-state index contributed by atoms with van der Waals surface area (Å²) in [7, 11) is 0. The summed E-state index contributed by atoms with van der Waals surface area (Å²) in [6, 6.07) is 11.3. The Bertz CT molecular complexity index is 871. The zero-order chi connectivity index (χ0) is 19.9. The Morgan fingerprint density at radius 1 is 1.32 bits per heavy atom. The van der Waals surface area contributed by atoms with Gasteiger partial charge in [0.2, 0.25) is 0 Å². The second-order valence-electron chi connectivity index (χ2n) is 6.50. The number of pyridine rings is 1. The van der Waals surface area contributed by atoms with Gasteiger partial charge in [0.05, 0.1) is 30.4 Å². The highest BCUT2D eigenvalue weighted by atomic mass is 32.2. The van der Waals surface area contributed by atoms with E-state index in [1.165, 1.54) is 0 Å². The number of hydrogen-bond acceptors (Lipinski definition) is 6. The van der Waals surface area contributed by atoms with Crippen molar-refractivity contribution >= 4 is 23.5 Å². The monoisotopic (exact) mass is 396 g/mol. The Kier molecular flexibility index (Phi) is 6.90. The van der Waals surface area contributed by atoms with Crippen molar-refractivity contribution in [3.63, 3.8) is 0 Å². The van der Waals surface area contributed by atoms with E-state index in [9.17, 15) is 4.79 Å². The number of nitrogens with one attached hydrogen (secondary N) is 1. The van der Waals surface area contributed by atoms with Crippen molar-refractivity contribution in [1.29, 1.82) is 5.26 Å². The van der Waals surface area contributed by atoms with Gasteiger partial charge in [-0.15, -0.1) is 11.8 Å².